The number of hydrogen-bond donors (Lipinski definition) is 1. The van der Waals surface area contributed by atoms with E-state index in [9.17, 15) is 4.39 Å². The van der Waals surface area contributed by atoms with Crippen LogP contribution in [0.3, 0.4) is 0 Å². The minimum absolute atomic E-state index is 0.0154. The molecule has 1 aliphatic heterocycles. The molecule has 3 aromatic carbocycles. The predicted octanol–water partition coefficient (Wildman–Crippen LogP) is 4.42. The van der Waals surface area contributed by atoms with Crippen LogP contribution in [-0.2, 0) is 6.42 Å². The average molecular weight is 319 g/mol. The lowest BCUT2D eigenvalue weighted by Crippen LogP contribution is -2.24. The first-order valence-electron chi connectivity index (χ1n) is 8.09. The summed E-state index contributed by atoms with van der Waals surface area (Å²) in [6, 6.07) is 21.0. The van der Waals surface area contributed by atoms with E-state index in [2.05, 4.69) is 24.3 Å². The molecular weight excluding hydrogens is 301 g/mol. The molecule has 0 aliphatic carbocycles. The number of halogens is 1. The van der Waals surface area contributed by atoms with Gasteiger partial charge in [0.25, 0.3) is 0 Å². The predicted molar refractivity (Wildman–Crippen MR) is 94.4 cm³/mol. The van der Waals surface area contributed by atoms with Gasteiger partial charge in [0.05, 0.1) is 0 Å². The molecule has 1 aliphatic rings. The van der Waals surface area contributed by atoms with Crippen LogP contribution in [0.4, 0.5) is 4.39 Å². The Hall–Kier alpha value is -2.65. The van der Waals surface area contributed by atoms with Gasteiger partial charge in [-0.1, -0.05) is 42.5 Å². The topological polar surface area (TPSA) is 35.2 Å². The quantitative estimate of drug-likeness (QED) is 0.775. The Balaban J connectivity index is 1.90. The van der Waals surface area contributed by atoms with Gasteiger partial charge in [0.15, 0.2) is 0 Å². The molecule has 1 atom stereocenters. The van der Waals surface area contributed by atoms with Crippen LogP contribution in [0.1, 0.15) is 5.56 Å². The monoisotopic (exact) mass is 319 g/mol. The van der Waals surface area contributed by atoms with Gasteiger partial charge in [-0.05, 0) is 46.5 Å². The van der Waals surface area contributed by atoms with E-state index in [-0.39, 0.29) is 11.9 Å². The lowest BCUT2D eigenvalue weighted by molar-refractivity contribution is 0.242. The molecule has 4 rings (SSSR count). The largest absolute Gasteiger partial charge is 0.488 e. The Morgan fingerprint density at radius 3 is 2.46 bits per heavy atom. The standard InChI is InChI=1S/C21H18FNO/c22-18-8-4-7-15(10-18)20-12-16(14-5-2-1-3-6-14)9-17-11-19(13-23)24-21(17)20/h1-10,12,19H,11,13,23H2. The summed E-state index contributed by atoms with van der Waals surface area (Å²) in [4.78, 5) is 0. The van der Waals surface area contributed by atoms with Crippen LogP contribution >= 0.6 is 0 Å². The third-order valence-corrected chi connectivity index (χ3v) is 4.40. The number of fused-ring (bicyclic) bond motifs is 1. The van der Waals surface area contributed by atoms with Crippen LogP contribution in [0.2, 0.25) is 0 Å². The second-order valence-corrected chi connectivity index (χ2v) is 6.07. The summed E-state index contributed by atoms with van der Waals surface area (Å²) in [5.41, 5.74) is 10.9. The van der Waals surface area contributed by atoms with Gasteiger partial charge in [-0.15, -0.1) is 0 Å². The van der Waals surface area contributed by atoms with Crippen molar-refractivity contribution in [3.8, 4) is 28.0 Å². The summed E-state index contributed by atoms with van der Waals surface area (Å²) in [5, 5.41) is 0. The SMILES string of the molecule is NCC1Cc2cc(-c3ccccc3)cc(-c3cccc(F)c3)c2O1. The van der Waals surface area contributed by atoms with Gasteiger partial charge in [0, 0.05) is 18.5 Å². The molecule has 0 bridgehead atoms. The van der Waals surface area contributed by atoms with Gasteiger partial charge < -0.3 is 10.5 Å². The van der Waals surface area contributed by atoms with Crippen LogP contribution in [-0.4, -0.2) is 12.6 Å². The third kappa shape index (κ3) is 2.68. The molecule has 0 radical (unpaired) electrons. The van der Waals surface area contributed by atoms with Gasteiger partial charge in [-0.2, -0.15) is 0 Å². The van der Waals surface area contributed by atoms with Crippen molar-refractivity contribution in [2.75, 3.05) is 6.54 Å². The van der Waals surface area contributed by atoms with E-state index < -0.39 is 0 Å². The second kappa shape index (κ2) is 6.10. The molecule has 1 unspecified atom stereocenters. The number of ether oxygens (including phenoxy) is 1. The van der Waals surface area contributed by atoms with Gasteiger partial charge in [-0.25, -0.2) is 4.39 Å². The number of benzene rings is 3. The molecule has 0 saturated carbocycles. The molecule has 3 heteroatoms. The minimum atomic E-state index is -0.250. The highest BCUT2D eigenvalue weighted by molar-refractivity contribution is 5.80. The lowest BCUT2D eigenvalue weighted by Gasteiger charge is -2.13. The average Bonchev–Trinajstić information content (AvgIpc) is 3.05. The van der Waals surface area contributed by atoms with Gasteiger partial charge in [0.1, 0.15) is 17.7 Å². The van der Waals surface area contributed by atoms with Crippen LogP contribution in [0.15, 0.2) is 66.7 Å². The fourth-order valence-electron chi connectivity index (χ4n) is 3.23. The Kier molecular flexibility index (Phi) is 3.79. The summed E-state index contributed by atoms with van der Waals surface area (Å²) in [6.07, 6.45) is 0.771. The first-order valence-corrected chi connectivity index (χ1v) is 8.09. The Bertz CT molecular complexity index is 876. The zero-order valence-corrected chi connectivity index (χ0v) is 13.2. The maximum absolute atomic E-state index is 13.7. The molecule has 0 fully saturated rings. The van der Waals surface area contributed by atoms with E-state index in [0.29, 0.717) is 6.54 Å². The van der Waals surface area contributed by atoms with E-state index in [1.54, 1.807) is 12.1 Å². The van der Waals surface area contributed by atoms with Crippen LogP contribution in [0, 0.1) is 5.82 Å². The minimum Gasteiger partial charge on any atom is -0.488 e. The van der Waals surface area contributed by atoms with Crippen molar-refractivity contribution in [2.24, 2.45) is 5.73 Å². The molecular formula is C21H18FNO. The van der Waals surface area contributed by atoms with E-state index >= 15 is 0 Å². The van der Waals surface area contributed by atoms with Crippen molar-refractivity contribution in [2.45, 2.75) is 12.5 Å². The highest BCUT2D eigenvalue weighted by Crippen LogP contribution is 2.42. The fraction of sp³-hybridized carbons (Fsp3) is 0.143. The Labute approximate surface area is 140 Å². The highest BCUT2D eigenvalue weighted by atomic mass is 19.1. The molecule has 2 N–H and O–H groups in total. The summed E-state index contributed by atoms with van der Waals surface area (Å²) < 4.78 is 19.7. The zero-order valence-electron chi connectivity index (χ0n) is 13.2. The number of nitrogens with two attached hydrogens (primary N) is 1. The van der Waals surface area contributed by atoms with Gasteiger partial charge in [0.2, 0.25) is 0 Å². The third-order valence-electron chi connectivity index (χ3n) is 4.40. The normalized spacial score (nSPS) is 15.8. The maximum atomic E-state index is 13.7. The highest BCUT2D eigenvalue weighted by Gasteiger charge is 2.26. The zero-order chi connectivity index (χ0) is 16.5. The Morgan fingerprint density at radius 2 is 1.71 bits per heavy atom. The first kappa shape index (κ1) is 14.9. The molecule has 120 valence electrons. The molecule has 0 aromatic heterocycles. The van der Waals surface area contributed by atoms with Crippen molar-refractivity contribution in [1.82, 2.24) is 0 Å². The van der Waals surface area contributed by atoms with E-state index in [4.69, 9.17) is 10.5 Å². The molecule has 0 spiro atoms. The van der Waals surface area contributed by atoms with Crippen molar-refractivity contribution < 1.29 is 9.13 Å². The molecule has 1 heterocycles. The van der Waals surface area contributed by atoms with E-state index in [1.807, 2.05) is 24.3 Å². The summed E-state index contributed by atoms with van der Waals surface area (Å²) in [5.74, 6) is 0.579. The van der Waals surface area contributed by atoms with Crippen molar-refractivity contribution in [3.63, 3.8) is 0 Å². The maximum Gasteiger partial charge on any atom is 0.131 e. The second-order valence-electron chi connectivity index (χ2n) is 6.07. The van der Waals surface area contributed by atoms with Crippen LogP contribution in [0.25, 0.3) is 22.3 Å². The Morgan fingerprint density at radius 1 is 0.917 bits per heavy atom. The van der Waals surface area contributed by atoms with Crippen molar-refractivity contribution in [1.29, 1.82) is 0 Å². The summed E-state index contributed by atoms with van der Waals surface area (Å²) in [7, 11) is 0. The van der Waals surface area contributed by atoms with Crippen molar-refractivity contribution >= 4 is 0 Å². The first-order chi connectivity index (χ1) is 11.7. The summed E-state index contributed by atoms with van der Waals surface area (Å²) >= 11 is 0. The van der Waals surface area contributed by atoms with E-state index in [0.717, 1.165) is 40.0 Å². The van der Waals surface area contributed by atoms with Gasteiger partial charge >= 0.3 is 0 Å². The molecule has 3 aromatic rings. The summed E-state index contributed by atoms with van der Waals surface area (Å²) in [6.45, 7) is 0.470. The smallest absolute Gasteiger partial charge is 0.131 e. The van der Waals surface area contributed by atoms with Gasteiger partial charge in [-0.3, -0.25) is 0 Å². The van der Waals surface area contributed by atoms with Crippen molar-refractivity contribution in [3.05, 3.63) is 78.1 Å². The molecule has 2 nitrogen and oxygen atoms in total. The van der Waals surface area contributed by atoms with Crippen LogP contribution < -0.4 is 10.5 Å². The van der Waals surface area contributed by atoms with E-state index in [1.165, 1.54) is 6.07 Å². The molecule has 0 amide bonds. The molecule has 24 heavy (non-hydrogen) atoms. The molecule has 0 saturated heterocycles. The fourth-order valence-corrected chi connectivity index (χ4v) is 3.23. The number of rotatable bonds is 3. The lowest BCUT2D eigenvalue weighted by atomic mass is 9.94. The number of hydrogen-bond acceptors (Lipinski definition) is 2. The van der Waals surface area contributed by atoms with Crippen LogP contribution in [0.5, 0.6) is 5.75 Å².